The van der Waals surface area contributed by atoms with Gasteiger partial charge in [0.05, 0.1) is 17.9 Å². The number of hydrogen-bond acceptors (Lipinski definition) is 3. The Bertz CT molecular complexity index is 1310. The minimum absolute atomic E-state index is 0.149. The molecule has 0 aliphatic carbocycles. The normalized spacial score (nSPS) is 12.6. The molecule has 0 spiro atoms. The Morgan fingerprint density at radius 1 is 1.07 bits per heavy atom. The van der Waals surface area contributed by atoms with Crippen LogP contribution in [0.5, 0.6) is 0 Å². The van der Waals surface area contributed by atoms with Crippen molar-refractivity contribution in [3.63, 3.8) is 0 Å². The number of benzene rings is 2. The van der Waals surface area contributed by atoms with Crippen LogP contribution >= 0.6 is 0 Å². The molecule has 3 aromatic heterocycles. The summed E-state index contributed by atoms with van der Waals surface area (Å²) in [5.74, 6) is 0. The summed E-state index contributed by atoms with van der Waals surface area (Å²) in [4.78, 5) is 27.8. The molecule has 0 saturated carbocycles. The second-order valence-corrected chi connectivity index (χ2v) is 6.59. The first-order chi connectivity index (χ1) is 13.2. The van der Waals surface area contributed by atoms with Gasteiger partial charge in [0, 0.05) is 22.7 Å². The van der Waals surface area contributed by atoms with Crippen molar-refractivity contribution in [1.29, 1.82) is 0 Å². The first-order valence-electron chi connectivity index (χ1n) is 8.80. The summed E-state index contributed by atoms with van der Waals surface area (Å²) in [6.07, 6.45) is 3.61. The maximum atomic E-state index is 12.6. The molecule has 0 aliphatic rings. The van der Waals surface area contributed by atoms with Gasteiger partial charge in [-0.1, -0.05) is 36.4 Å². The van der Waals surface area contributed by atoms with E-state index in [4.69, 9.17) is 4.98 Å². The highest BCUT2D eigenvalue weighted by molar-refractivity contribution is 5.84. The average molecular weight is 355 g/mol. The van der Waals surface area contributed by atoms with E-state index >= 15 is 0 Å². The zero-order valence-electron chi connectivity index (χ0n) is 14.7. The third-order valence-electron chi connectivity index (χ3n) is 4.94. The number of imidazole rings is 1. The number of H-pyrrole nitrogens is 2. The Balaban J connectivity index is 1.67. The van der Waals surface area contributed by atoms with Gasteiger partial charge in [0.25, 0.3) is 0 Å². The first kappa shape index (κ1) is 15.6. The van der Waals surface area contributed by atoms with E-state index in [0.29, 0.717) is 11.3 Å². The van der Waals surface area contributed by atoms with Crippen LogP contribution in [0.1, 0.15) is 18.5 Å². The zero-order valence-corrected chi connectivity index (χ0v) is 14.7. The third kappa shape index (κ3) is 2.54. The smallest absolute Gasteiger partial charge is 0.329 e. The van der Waals surface area contributed by atoms with Gasteiger partial charge in [-0.25, -0.2) is 14.8 Å². The fourth-order valence-corrected chi connectivity index (χ4v) is 3.48. The second kappa shape index (κ2) is 5.95. The van der Waals surface area contributed by atoms with Gasteiger partial charge in [0.2, 0.25) is 0 Å². The maximum absolute atomic E-state index is 12.6. The fraction of sp³-hybridized carbons (Fsp3) is 0.0952. The number of hydrogen-bond donors (Lipinski definition) is 2. The summed E-state index contributed by atoms with van der Waals surface area (Å²) in [6, 6.07) is 17.9. The van der Waals surface area contributed by atoms with Crippen LogP contribution in [0.2, 0.25) is 0 Å². The van der Waals surface area contributed by atoms with E-state index in [1.54, 1.807) is 10.8 Å². The van der Waals surface area contributed by atoms with Crippen LogP contribution in [-0.4, -0.2) is 24.5 Å². The molecule has 0 unspecified atom stereocenters. The average Bonchev–Trinajstić information content (AvgIpc) is 3.30. The lowest BCUT2D eigenvalue weighted by Crippen LogP contribution is -2.21. The molecular formula is C21H17N5O. The SMILES string of the molecule is C[C@@H](c1ccccc1)n1c(=O)[nH]c2ncc(-c3ccc4[nH]ccc4c3)nc21. The standard InChI is InChI=1S/C21H17N5O/c1-13(14-5-3-2-4-6-14)26-20-19(25-21(26)27)23-12-18(24-20)15-7-8-17-16(11-15)9-10-22-17/h2-13,22H,1H3,(H,23,25,27)/t13-/m0/s1. The topological polar surface area (TPSA) is 79.4 Å². The van der Waals surface area contributed by atoms with Crippen LogP contribution < -0.4 is 5.69 Å². The minimum atomic E-state index is -0.209. The molecule has 0 aliphatic heterocycles. The molecule has 27 heavy (non-hydrogen) atoms. The van der Waals surface area contributed by atoms with E-state index in [2.05, 4.69) is 21.0 Å². The van der Waals surface area contributed by atoms with Crippen molar-refractivity contribution in [2.24, 2.45) is 0 Å². The Morgan fingerprint density at radius 3 is 2.78 bits per heavy atom. The van der Waals surface area contributed by atoms with Gasteiger partial charge in [-0.3, -0.25) is 9.55 Å². The molecule has 5 aromatic rings. The Morgan fingerprint density at radius 2 is 1.93 bits per heavy atom. The van der Waals surface area contributed by atoms with Crippen molar-refractivity contribution in [3.05, 3.63) is 83.0 Å². The summed E-state index contributed by atoms with van der Waals surface area (Å²) in [7, 11) is 0. The number of aromatic nitrogens is 5. The highest BCUT2D eigenvalue weighted by Crippen LogP contribution is 2.24. The molecule has 2 aromatic carbocycles. The molecule has 0 bridgehead atoms. The molecule has 5 rings (SSSR count). The van der Waals surface area contributed by atoms with E-state index < -0.39 is 0 Å². The fourth-order valence-electron chi connectivity index (χ4n) is 3.48. The molecule has 0 radical (unpaired) electrons. The van der Waals surface area contributed by atoms with Crippen molar-refractivity contribution in [1.82, 2.24) is 24.5 Å². The summed E-state index contributed by atoms with van der Waals surface area (Å²) in [5.41, 5.74) is 4.66. The molecule has 1 atom stereocenters. The van der Waals surface area contributed by atoms with Gasteiger partial charge in [0.1, 0.15) is 0 Å². The van der Waals surface area contributed by atoms with Gasteiger partial charge < -0.3 is 4.98 Å². The van der Waals surface area contributed by atoms with Crippen LogP contribution in [0, 0.1) is 0 Å². The number of nitrogens with zero attached hydrogens (tertiary/aromatic N) is 3. The van der Waals surface area contributed by atoms with Crippen molar-refractivity contribution in [3.8, 4) is 11.3 Å². The molecule has 2 N–H and O–H groups in total. The minimum Gasteiger partial charge on any atom is -0.361 e. The van der Waals surface area contributed by atoms with Crippen molar-refractivity contribution >= 4 is 22.2 Å². The Labute approximate surface area is 154 Å². The number of rotatable bonds is 3. The monoisotopic (exact) mass is 355 g/mol. The highest BCUT2D eigenvalue weighted by Gasteiger charge is 2.17. The van der Waals surface area contributed by atoms with Gasteiger partial charge >= 0.3 is 5.69 Å². The molecule has 3 heterocycles. The first-order valence-corrected chi connectivity index (χ1v) is 8.80. The van der Waals surface area contributed by atoms with Crippen LogP contribution in [-0.2, 0) is 0 Å². The second-order valence-electron chi connectivity index (χ2n) is 6.59. The van der Waals surface area contributed by atoms with Crippen LogP contribution in [0.3, 0.4) is 0 Å². The van der Waals surface area contributed by atoms with E-state index in [0.717, 1.165) is 27.7 Å². The molecular weight excluding hydrogens is 338 g/mol. The molecule has 0 amide bonds. The molecule has 0 saturated heterocycles. The van der Waals surface area contributed by atoms with E-state index in [1.807, 2.05) is 61.7 Å². The number of aromatic amines is 2. The maximum Gasteiger partial charge on any atom is 0.329 e. The quantitative estimate of drug-likeness (QED) is 0.515. The van der Waals surface area contributed by atoms with Gasteiger partial charge in [-0.15, -0.1) is 0 Å². The predicted octanol–water partition coefficient (Wildman–Crippen LogP) is 3.88. The zero-order chi connectivity index (χ0) is 18.4. The van der Waals surface area contributed by atoms with Gasteiger partial charge in [-0.2, -0.15) is 0 Å². The molecule has 0 fully saturated rings. The van der Waals surface area contributed by atoms with Crippen molar-refractivity contribution < 1.29 is 0 Å². The van der Waals surface area contributed by atoms with Crippen LogP contribution in [0.4, 0.5) is 0 Å². The lowest BCUT2D eigenvalue weighted by atomic mass is 10.1. The lowest BCUT2D eigenvalue weighted by molar-refractivity contribution is 0.631. The van der Waals surface area contributed by atoms with E-state index in [-0.39, 0.29) is 11.7 Å². The van der Waals surface area contributed by atoms with Crippen LogP contribution in [0.15, 0.2) is 71.8 Å². The number of nitrogens with one attached hydrogen (secondary N) is 2. The van der Waals surface area contributed by atoms with Crippen molar-refractivity contribution in [2.75, 3.05) is 0 Å². The van der Waals surface area contributed by atoms with Crippen molar-refractivity contribution in [2.45, 2.75) is 13.0 Å². The Hall–Kier alpha value is -3.67. The molecule has 132 valence electrons. The van der Waals surface area contributed by atoms with Crippen LogP contribution in [0.25, 0.3) is 33.5 Å². The molecule has 6 heteroatoms. The summed E-state index contributed by atoms with van der Waals surface area (Å²) < 4.78 is 1.66. The lowest BCUT2D eigenvalue weighted by Gasteiger charge is -2.13. The summed E-state index contributed by atoms with van der Waals surface area (Å²) in [6.45, 7) is 1.99. The van der Waals surface area contributed by atoms with E-state index in [9.17, 15) is 4.79 Å². The summed E-state index contributed by atoms with van der Waals surface area (Å²) in [5, 5.41) is 1.11. The van der Waals surface area contributed by atoms with Gasteiger partial charge in [-0.05, 0) is 30.7 Å². The highest BCUT2D eigenvalue weighted by atomic mass is 16.1. The summed E-state index contributed by atoms with van der Waals surface area (Å²) >= 11 is 0. The predicted molar refractivity (Wildman–Crippen MR) is 106 cm³/mol. The Kier molecular flexibility index (Phi) is 3.43. The number of fused-ring (bicyclic) bond motifs is 2. The molecule has 6 nitrogen and oxygen atoms in total. The largest absolute Gasteiger partial charge is 0.361 e. The third-order valence-corrected chi connectivity index (χ3v) is 4.94. The van der Waals surface area contributed by atoms with Gasteiger partial charge in [0.15, 0.2) is 11.3 Å². The van der Waals surface area contributed by atoms with E-state index in [1.165, 1.54) is 0 Å².